The van der Waals surface area contributed by atoms with Crippen molar-refractivity contribution in [3.8, 4) is 39.7 Å². The lowest BCUT2D eigenvalue weighted by molar-refractivity contribution is -0.0374. The van der Waals surface area contributed by atoms with Gasteiger partial charge in [0.05, 0.1) is 42.9 Å². The van der Waals surface area contributed by atoms with Crippen molar-refractivity contribution in [3.05, 3.63) is 64.7 Å². The monoisotopic (exact) mass is 551 g/mol. The van der Waals surface area contributed by atoms with Crippen molar-refractivity contribution >= 4 is 17.5 Å². The Kier molecular flexibility index (Phi) is 6.11. The molecule has 0 spiro atoms. The maximum Gasteiger partial charge on any atom is 0.275 e. The molecule has 0 radical (unpaired) electrons. The standard InChI is InChI=1S/C28H27ClFN5O4/c1-28(2)15-38-8-7-34(28)27(36)25-21-14-39-24-13-23(37-4)19(22-5-6-33(3)31-22)12-20(24)26(21)35(32-25)18-10-16(29)9-17(30)11-18/h5-6,9-13H,7-8,14-15H2,1-4H3. The average Bonchev–Trinajstić information content (AvgIpc) is 3.50. The van der Waals surface area contributed by atoms with Gasteiger partial charge < -0.3 is 19.1 Å². The van der Waals surface area contributed by atoms with E-state index in [4.69, 9.17) is 30.9 Å². The van der Waals surface area contributed by atoms with Crippen molar-refractivity contribution in [2.24, 2.45) is 7.05 Å². The summed E-state index contributed by atoms with van der Waals surface area (Å²) in [5.74, 6) is 0.377. The number of ether oxygens (including phenoxy) is 3. The van der Waals surface area contributed by atoms with Crippen LogP contribution in [0, 0.1) is 5.82 Å². The third kappa shape index (κ3) is 4.33. The molecule has 2 aromatic carbocycles. The smallest absolute Gasteiger partial charge is 0.275 e. The van der Waals surface area contributed by atoms with Crippen LogP contribution in [0.25, 0.3) is 28.2 Å². The van der Waals surface area contributed by atoms with E-state index < -0.39 is 11.4 Å². The fraction of sp³-hybridized carbons (Fsp3) is 0.321. The van der Waals surface area contributed by atoms with Crippen LogP contribution in [0.5, 0.6) is 11.5 Å². The Morgan fingerprint density at radius 1 is 1.15 bits per heavy atom. The highest BCUT2D eigenvalue weighted by molar-refractivity contribution is 6.30. The number of hydrogen-bond acceptors (Lipinski definition) is 6. The molecular weight excluding hydrogens is 525 g/mol. The lowest BCUT2D eigenvalue weighted by atomic mass is 9.97. The highest BCUT2D eigenvalue weighted by atomic mass is 35.5. The van der Waals surface area contributed by atoms with Gasteiger partial charge in [0.1, 0.15) is 23.9 Å². The average molecular weight is 552 g/mol. The zero-order valence-electron chi connectivity index (χ0n) is 22.0. The fourth-order valence-electron chi connectivity index (χ4n) is 5.19. The number of fused-ring (bicyclic) bond motifs is 3. The fourth-order valence-corrected chi connectivity index (χ4v) is 5.41. The molecule has 4 aromatic rings. The second-order valence-electron chi connectivity index (χ2n) is 10.2. The zero-order chi connectivity index (χ0) is 27.5. The van der Waals surface area contributed by atoms with E-state index in [1.165, 1.54) is 12.1 Å². The summed E-state index contributed by atoms with van der Waals surface area (Å²) in [4.78, 5) is 15.7. The van der Waals surface area contributed by atoms with Crippen LogP contribution in [0.3, 0.4) is 0 Å². The van der Waals surface area contributed by atoms with Gasteiger partial charge in [0.25, 0.3) is 5.91 Å². The molecule has 39 heavy (non-hydrogen) atoms. The Morgan fingerprint density at radius 2 is 1.97 bits per heavy atom. The van der Waals surface area contributed by atoms with Gasteiger partial charge in [-0.05, 0) is 44.2 Å². The molecular formula is C28H27ClFN5O4. The van der Waals surface area contributed by atoms with E-state index in [0.717, 1.165) is 5.56 Å². The van der Waals surface area contributed by atoms with Crippen molar-refractivity contribution in [2.45, 2.75) is 26.0 Å². The number of aryl methyl sites for hydroxylation is 1. The Hall–Kier alpha value is -3.89. The summed E-state index contributed by atoms with van der Waals surface area (Å²) in [6.07, 6.45) is 1.84. The lowest BCUT2D eigenvalue weighted by Crippen LogP contribution is -2.55. The number of hydrogen-bond donors (Lipinski definition) is 0. The molecule has 4 heterocycles. The molecule has 6 rings (SSSR count). The molecule has 2 aliphatic rings. The zero-order valence-corrected chi connectivity index (χ0v) is 22.8. The topological polar surface area (TPSA) is 83.6 Å². The molecule has 0 bridgehead atoms. The van der Waals surface area contributed by atoms with Crippen LogP contribution in [0.1, 0.15) is 29.9 Å². The summed E-state index contributed by atoms with van der Waals surface area (Å²) in [5.41, 5.74) is 3.43. The molecule has 2 aromatic heterocycles. The number of rotatable bonds is 4. The van der Waals surface area contributed by atoms with Gasteiger partial charge in [0.15, 0.2) is 5.69 Å². The number of carbonyl (C=O) groups is 1. The molecule has 2 aliphatic heterocycles. The SMILES string of the molecule is COc1cc2c(cc1-c1ccn(C)n1)-c1c(c(C(=O)N3CCOCC3(C)C)nn1-c1cc(F)cc(Cl)c1)CO2. The molecule has 1 fully saturated rings. The van der Waals surface area contributed by atoms with Crippen molar-refractivity contribution in [3.63, 3.8) is 0 Å². The Balaban J connectivity index is 1.59. The number of aromatic nitrogens is 4. The molecule has 0 atom stereocenters. The summed E-state index contributed by atoms with van der Waals surface area (Å²) in [5, 5.41) is 9.52. The van der Waals surface area contributed by atoms with E-state index in [2.05, 4.69) is 5.10 Å². The number of methoxy groups -OCH3 is 1. The predicted molar refractivity (Wildman–Crippen MR) is 143 cm³/mol. The largest absolute Gasteiger partial charge is 0.496 e. The summed E-state index contributed by atoms with van der Waals surface area (Å²) < 4.78 is 35.2. The Morgan fingerprint density at radius 3 is 2.67 bits per heavy atom. The predicted octanol–water partition coefficient (Wildman–Crippen LogP) is 4.88. The van der Waals surface area contributed by atoms with Crippen molar-refractivity contribution < 1.29 is 23.4 Å². The summed E-state index contributed by atoms with van der Waals surface area (Å²) in [6.45, 7) is 5.28. The molecule has 202 valence electrons. The highest BCUT2D eigenvalue weighted by Gasteiger charge is 2.39. The maximum atomic E-state index is 14.5. The number of amides is 1. The van der Waals surface area contributed by atoms with E-state index in [0.29, 0.717) is 59.5 Å². The van der Waals surface area contributed by atoms with Gasteiger partial charge in [0, 0.05) is 47.6 Å². The third-order valence-corrected chi connectivity index (χ3v) is 7.30. The number of nitrogens with zero attached hydrogens (tertiary/aromatic N) is 5. The quantitative estimate of drug-likeness (QED) is 0.359. The lowest BCUT2D eigenvalue weighted by Gasteiger charge is -2.41. The van der Waals surface area contributed by atoms with Gasteiger partial charge in [-0.25, -0.2) is 9.07 Å². The van der Waals surface area contributed by atoms with Gasteiger partial charge in [0.2, 0.25) is 0 Å². The van der Waals surface area contributed by atoms with E-state index in [1.807, 2.05) is 39.2 Å². The van der Waals surface area contributed by atoms with Crippen molar-refractivity contribution in [1.82, 2.24) is 24.5 Å². The summed E-state index contributed by atoms with van der Waals surface area (Å²) >= 11 is 6.24. The maximum absolute atomic E-state index is 14.5. The molecule has 0 N–H and O–H groups in total. The minimum absolute atomic E-state index is 0.101. The van der Waals surface area contributed by atoms with Gasteiger partial charge in [-0.3, -0.25) is 9.48 Å². The van der Waals surface area contributed by atoms with E-state index in [9.17, 15) is 9.18 Å². The van der Waals surface area contributed by atoms with E-state index >= 15 is 0 Å². The molecule has 0 unspecified atom stereocenters. The van der Waals surface area contributed by atoms with Gasteiger partial charge in [-0.2, -0.15) is 10.2 Å². The molecule has 1 saturated heterocycles. The number of morpholine rings is 1. The van der Waals surface area contributed by atoms with Crippen LogP contribution in [0.4, 0.5) is 4.39 Å². The van der Waals surface area contributed by atoms with Gasteiger partial charge in [-0.15, -0.1) is 0 Å². The minimum Gasteiger partial charge on any atom is -0.496 e. The van der Waals surface area contributed by atoms with Gasteiger partial charge >= 0.3 is 0 Å². The Bertz CT molecular complexity index is 1590. The first-order valence-corrected chi connectivity index (χ1v) is 12.9. The molecule has 0 saturated carbocycles. The van der Waals surface area contributed by atoms with Gasteiger partial charge in [-0.1, -0.05) is 11.6 Å². The Labute approximate surface area is 229 Å². The van der Waals surface area contributed by atoms with Crippen LogP contribution >= 0.6 is 11.6 Å². The first kappa shape index (κ1) is 25.4. The van der Waals surface area contributed by atoms with Crippen LogP contribution in [0.2, 0.25) is 5.02 Å². The third-order valence-electron chi connectivity index (χ3n) is 7.09. The molecule has 1 amide bonds. The molecule has 11 heteroatoms. The highest BCUT2D eigenvalue weighted by Crippen LogP contribution is 2.46. The van der Waals surface area contributed by atoms with Crippen molar-refractivity contribution in [2.75, 3.05) is 26.9 Å². The number of halogens is 2. The van der Waals surface area contributed by atoms with E-state index in [-0.39, 0.29) is 23.2 Å². The van der Waals surface area contributed by atoms with Crippen LogP contribution in [-0.4, -0.2) is 62.8 Å². The number of benzene rings is 2. The molecule has 9 nitrogen and oxygen atoms in total. The summed E-state index contributed by atoms with van der Waals surface area (Å²) in [7, 11) is 3.42. The summed E-state index contributed by atoms with van der Waals surface area (Å²) in [6, 6.07) is 9.76. The number of carbonyl (C=O) groups excluding carboxylic acids is 1. The van der Waals surface area contributed by atoms with Crippen LogP contribution in [0.15, 0.2) is 42.6 Å². The van der Waals surface area contributed by atoms with Crippen LogP contribution in [-0.2, 0) is 18.4 Å². The van der Waals surface area contributed by atoms with Crippen LogP contribution < -0.4 is 9.47 Å². The first-order chi connectivity index (χ1) is 18.7. The van der Waals surface area contributed by atoms with Crippen molar-refractivity contribution in [1.29, 1.82) is 0 Å². The normalized spacial score (nSPS) is 15.9. The van der Waals surface area contributed by atoms with E-state index in [1.54, 1.807) is 33.5 Å². The first-order valence-electron chi connectivity index (χ1n) is 12.5. The second kappa shape index (κ2) is 9.39. The molecule has 0 aliphatic carbocycles. The second-order valence-corrected chi connectivity index (χ2v) is 10.7. The minimum atomic E-state index is -0.527.